The Morgan fingerprint density at radius 1 is 1.28 bits per heavy atom. The maximum absolute atomic E-state index is 13.9. The number of hydrogen-bond donors (Lipinski definition) is 0. The zero-order valence-corrected chi connectivity index (χ0v) is 13.5. The second-order valence-corrected chi connectivity index (χ2v) is 5.97. The highest BCUT2D eigenvalue weighted by Gasteiger charge is 2.50. The minimum absolute atomic E-state index is 0.00734. The maximum atomic E-state index is 13.9. The highest BCUT2D eigenvalue weighted by molar-refractivity contribution is 14.1. The van der Waals surface area contributed by atoms with E-state index in [2.05, 4.69) is 11.7 Å². The molecule has 0 bridgehead atoms. The van der Waals surface area contributed by atoms with Crippen LogP contribution in [0, 0.1) is 5.92 Å². The summed E-state index contributed by atoms with van der Waals surface area (Å²) in [4.78, 5) is 11.3. The maximum Gasteiger partial charge on any atom is 0.377 e. The Hall–Kier alpha value is 0.0600. The Morgan fingerprint density at radius 2 is 1.89 bits per heavy atom. The molecule has 0 aliphatic carbocycles. The molecular formula is C13H23F2IO2. The van der Waals surface area contributed by atoms with Crippen LogP contribution in [-0.2, 0) is 9.53 Å². The molecule has 0 aliphatic rings. The van der Waals surface area contributed by atoms with Crippen LogP contribution in [0.1, 0.15) is 52.9 Å². The zero-order valence-electron chi connectivity index (χ0n) is 11.3. The molecule has 0 saturated carbocycles. The summed E-state index contributed by atoms with van der Waals surface area (Å²) in [5.74, 6) is -5.69. The van der Waals surface area contributed by atoms with Crippen molar-refractivity contribution in [1.29, 1.82) is 0 Å². The highest BCUT2D eigenvalue weighted by Crippen LogP contribution is 2.37. The molecule has 0 radical (unpaired) electrons. The van der Waals surface area contributed by atoms with Gasteiger partial charge in [0.05, 0.1) is 6.61 Å². The van der Waals surface area contributed by atoms with Gasteiger partial charge in [-0.25, -0.2) is 4.79 Å². The Kier molecular flexibility index (Phi) is 9.07. The minimum atomic E-state index is -3.37. The third-order valence-electron chi connectivity index (χ3n) is 2.97. The van der Waals surface area contributed by atoms with Gasteiger partial charge in [-0.3, -0.25) is 0 Å². The molecule has 0 aromatic heterocycles. The quantitative estimate of drug-likeness (QED) is 0.255. The lowest BCUT2D eigenvalue weighted by Gasteiger charge is -2.28. The molecule has 2 nitrogen and oxygen atoms in total. The molecule has 18 heavy (non-hydrogen) atoms. The molecule has 0 amide bonds. The first kappa shape index (κ1) is 18.1. The lowest BCUT2D eigenvalue weighted by molar-refractivity contribution is -0.180. The van der Waals surface area contributed by atoms with Crippen LogP contribution < -0.4 is 0 Å². The van der Waals surface area contributed by atoms with Gasteiger partial charge in [0.15, 0.2) is 0 Å². The van der Waals surface area contributed by atoms with Gasteiger partial charge >= 0.3 is 11.9 Å². The summed E-state index contributed by atoms with van der Waals surface area (Å²) < 4.78 is 32.2. The number of carbonyl (C=O) groups excluding carboxylic acids is 1. The van der Waals surface area contributed by atoms with Crippen molar-refractivity contribution in [2.75, 3.05) is 6.61 Å². The van der Waals surface area contributed by atoms with Gasteiger partial charge in [0.2, 0.25) is 0 Å². The van der Waals surface area contributed by atoms with Crippen molar-refractivity contribution < 1.29 is 18.3 Å². The normalized spacial score (nSPS) is 15.2. The molecule has 108 valence electrons. The summed E-state index contributed by atoms with van der Waals surface area (Å²) in [7, 11) is 0. The predicted octanol–water partition coefficient (Wildman–Crippen LogP) is 4.59. The van der Waals surface area contributed by atoms with Crippen LogP contribution in [-0.4, -0.2) is 22.4 Å². The van der Waals surface area contributed by atoms with Crippen molar-refractivity contribution in [1.82, 2.24) is 0 Å². The average molecular weight is 376 g/mol. The third-order valence-corrected chi connectivity index (χ3v) is 4.46. The number of carbonyl (C=O) groups is 1. The number of alkyl halides is 3. The van der Waals surface area contributed by atoms with Crippen LogP contribution in [0.5, 0.6) is 0 Å². The van der Waals surface area contributed by atoms with Gasteiger partial charge in [0, 0.05) is 9.84 Å². The molecule has 2 atom stereocenters. The van der Waals surface area contributed by atoms with Gasteiger partial charge in [-0.05, 0) is 19.8 Å². The fourth-order valence-corrected chi connectivity index (χ4v) is 3.31. The largest absolute Gasteiger partial charge is 0.462 e. The Bertz CT molecular complexity index is 247. The first-order valence-electron chi connectivity index (χ1n) is 6.60. The van der Waals surface area contributed by atoms with Crippen molar-refractivity contribution in [3.63, 3.8) is 0 Å². The number of rotatable bonds is 9. The van der Waals surface area contributed by atoms with E-state index in [0.29, 0.717) is 0 Å². The van der Waals surface area contributed by atoms with Gasteiger partial charge in [-0.2, -0.15) is 8.78 Å². The Labute approximate surface area is 122 Å². The third kappa shape index (κ3) is 5.36. The lowest BCUT2D eigenvalue weighted by atomic mass is 9.91. The van der Waals surface area contributed by atoms with Crippen molar-refractivity contribution >= 4 is 28.6 Å². The fourth-order valence-electron chi connectivity index (χ4n) is 1.91. The number of esters is 1. The Balaban J connectivity index is 4.57. The second-order valence-electron chi connectivity index (χ2n) is 4.37. The van der Waals surface area contributed by atoms with E-state index in [9.17, 15) is 13.6 Å². The molecule has 0 spiro atoms. The second kappa shape index (κ2) is 9.04. The lowest BCUT2D eigenvalue weighted by Crippen LogP contribution is -2.42. The van der Waals surface area contributed by atoms with Crippen LogP contribution in [0.3, 0.4) is 0 Å². The predicted molar refractivity (Wildman–Crippen MR) is 77.3 cm³/mol. The van der Waals surface area contributed by atoms with Crippen LogP contribution in [0.2, 0.25) is 0 Å². The van der Waals surface area contributed by atoms with Crippen LogP contribution >= 0.6 is 22.6 Å². The average Bonchev–Trinajstić information content (AvgIpc) is 2.30. The summed E-state index contributed by atoms with van der Waals surface area (Å²) in [6, 6.07) is 0. The molecule has 5 heteroatoms. The number of ether oxygens (including phenoxy) is 1. The van der Waals surface area contributed by atoms with Crippen LogP contribution in [0.25, 0.3) is 0 Å². The summed E-state index contributed by atoms with van der Waals surface area (Å²) in [6.45, 7) is 5.31. The summed E-state index contributed by atoms with van der Waals surface area (Å²) in [5, 5.41) is 0. The van der Waals surface area contributed by atoms with E-state index < -0.39 is 17.8 Å². The molecule has 0 aromatic rings. The van der Waals surface area contributed by atoms with Gasteiger partial charge < -0.3 is 4.74 Å². The molecule has 0 rings (SSSR count). The topological polar surface area (TPSA) is 26.3 Å². The van der Waals surface area contributed by atoms with Crippen molar-refractivity contribution in [2.24, 2.45) is 5.92 Å². The molecule has 0 aliphatic heterocycles. The van der Waals surface area contributed by atoms with E-state index >= 15 is 0 Å². The molecule has 0 aromatic carbocycles. The smallest absolute Gasteiger partial charge is 0.377 e. The minimum Gasteiger partial charge on any atom is -0.462 e. The zero-order chi connectivity index (χ0) is 14.2. The molecule has 0 heterocycles. The highest BCUT2D eigenvalue weighted by atomic mass is 127. The summed E-state index contributed by atoms with van der Waals surface area (Å²) >= 11 is 2.04. The van der Waals surface area contributed by atoms with E-state index in [0.717, 1.165) is 25.7 Å². The number of unbranched alkanes of at least 4 members (excludes halogenated alkanes) is 2. The number of halogens is 3. The van der Waals surface area contributed by atoms with Gasteiger partial charge in [-0.1, -0.05) is 55.7 Å². The van der Waals surface area contributed by atoms with Crippen molar-refractivity contribution in [2.45, 2.75) is 62.7 Å². The van der Waals surface area contributed by atoms with Crippen LogP contribution in [0.15, 0.2) is 0 Å². The number of hydrogen-bond acceptors (Lipinski definition) is 2. The van der Waals surface area contributed by atoms with E-state index in [1.807, 2.05) is 22.6 Å². The van der Waals surface area contributed by atoms with E-state index in [4.69, 9.17) is 0 Å². The monoisotopic (exact) mass is 376 g/mol. The standard InChI is InChI=1S/C13H23F2IO2/c1-4-7-8-9-11(16)10(5-2)13(14,15)12(17)18-6-3/h10-11H,4-9H2,1-3H3. The van der Waals surface area contributed by atoms with Gasteiger partial charge in [-0.15, -0.1) is 0 Å². The van der Waals surface area contributed by atoms with Gasteiger partial charge in [0.25, 0.3) is 0 Å². The first-order chi connectivity index (χ1) is 8.41. The molecular weight excluding hydrogens is 353 g/mol. The van der Waals surface area contributed by atoms with Crippen molar-refractivity contribution in [3.8, 4) is 0 Å². The van der Waals surface area contributed by atoms with E-state index in [1.54, 1.807) is 6.92 Å². The fraction of sp³-hybridized carbons (Fsp3) is 0.923. The van der Waals surface area contributed by atoms with Crippen molar-refractivity contribution in [3.05, 3.63) is 0 Å². The first-order valence-corrected chi connectivity index (χ1v) is 7.85. The molecule has 0 saturated heterocycles. The van der Waals surface area contributed by atoms with Gasteiger partial charge in [0.1, 0.15) is 0 Å². The Morgan fingerprint density at radius 3 is 2.33 bits per heavy atom. The van der Waals surface area contributed by atoms with Crippen LogP contribution in [0.4, 0.5) is 8.78 Å². The van der Waals surface area contributed by atoms with E-state index in [-0.39, 0.29) is 17.0 Å². The SMILES string of the molecule is CCCCCC(I)C(CC)C(F)(F)C(=O)OCC. The summed E-state index contributed by atoms with van der Waals surface area (Å²) in [6.07, 6.45) is 4.04. The van der Waals surface area contributed by atoms with E-state index in [1.165, 1.54) is 6.92 Å². The molecule has 2 unspecified atom stereocenters. The molecule has 0 N–H and O–H groups in total. The summed E-state index contributed by atoms with van der Waals surface area (Å²) in [5.41, 5.74) is 0. The molecule has 0 fully saturated rings.